The minimum Gasteiger partial charge on any atom is -0.368 e. The molecule has 1 aromatic rings. The predicted octanol–water partition coefficient (Wildman–Crippen LogP) is 2.44. The van der Waals surface area contributed by atoms with Crippen molar-refractivity contribution in [1.82, 2.24) is 0 Å². The zero-order chi connectivity index (χ0) is 11.2. The van der Waals surface area contributed by atoms with Gasteiger partial charge >= 0.3 is 0 Å². The highest BCUT2D eigenvalue weighted by Gasteiger charge is 2.46. The summed E-state index contributed by atoms with van der Waals surface area (Å²) >= 11 is 1.31. The lowest BCUT2D eigenvalue weighted by Gasteiger charge is -2.20. The molecule has 1 fully saturated rings. The van der Waals surface area contributed by atoms with Gasteiger partial charge in [-0.3, -0.25) is 4.79 Å². The van der Waals surface area contributed by atoms with Crippen LogP contribution >= 0.6 is 11.8 Å². The van der Waals surface area contributed by atoms with Gasteiger partial charge in [0.1, 0.15) is 0 Å². The molecule has 3 rings (SSSR count). The van der Waals surface area contributed by atoms with Crippen LogP contribution in [0.2, 0.25) is 0 Å². The van der Waals surface area contributed by atoms with Crippen LogP contribution in [0.5, 0.6) is 0 Å². The molecule has 1 N–H and O–H groups in total. The molecule has 1 atom stereocenters. The normalized spacial score (nSPS) is 29.3. The lowest BCUT2D eigenvalue weighted by atomic mass is 10.0. The molecule has 0 saturated heterocycles. The molecular weight excluding hydrogens is 220 g/mol. The third-order valence-corrected chi connectivity index (χ3v) is 4.44. The fourth-order valence-corrected chi connectivity index (χ4v) is 3.23. The fourth-order valence-electron chi connectivity index (χ4n) is 1.91. The monoisotopic (exact) mass is 232 g/mol. The minimum atomic E-state index is -1.38. The zero-order valence-electron chi connectivity index (χ0n) is 8.72. The second-order valence-electron chi connectivity index (χ2n) is 4.30. The maximum atomic E-state index is 11.9. The van der Waals surface area contributed by atoms with Crippen LogP contribution in [0, 0.1) is 5.92 Å². The second kappa shape index (κ2) is 3.47. The first-order valence-electron chi connectivity index (χ1n) is 5.43. The minimum absolute atomic E-state index is 0.189. The van der Waals surface area contributed by atoms with E-state index < -0.39 is 4.93 Å². The van der Waals surface area contributed by atoms with Crippen LogP contribution in [-0.4, -0.2) is 10.9 Å². The topological polar surface area (TPSA) is 37.3 Å². The SMILES string of the molecule is O=C1C=C(C2CC2)SC1(O)c1ccccc1. The molecule has 16 heavy (non-hydrogen) atoms. The molecule has 1 aromatic carbocycles. The summed E-state index contributed by atoms with van der Waals surface area (Å²) in [7, 11) is 0. The first-order valence-corrected chi connectivity index (χ1v) is 6.25. The Morgan fingerprint density at radius 1 is 1.25 bits per heavy atom. The van der Waals surface area contributed by atoms with Gasteiger partial charge in [0.25, 0.3) is 0 Å². The molecule has 0 aromatic heterocycles. The van der Waals surface area contributed by atoms with E-state index in [2.05, 4.69) is 0 Å². The fraction of sp³-hybridized carbons (Fsp3) is 0.308. The van der Waals surface area contributed by atoms with E-state index in [1.54, 1.807) is 18.2 Å². The molecule has 2 aliphatic rings. The summed E-state index contributed by atoms with van der Waals surface area (Å²) in [5, 5.41) is 10.4. The summed E-state index contributed by atoms with van der Waals surface area (Å²) in [6.07, 6.45) is 3.92. The van der Waals surface area contributed by atoms with Gasteiger partial charge in [0.05, 0.1) is 0 Å². The standard InChI is InChI=1S/C13H12O2S/c14-12-8-11(9-6-7-9)16-13(12,15)10-4-2-1-3-5-10/h1-5,8-9,15H,6-7H2. The molecule has 1 aliphatic carbocycles. The van der Waals surface area contributed by atoms with Gasteiger partial charge < -0.3 is 5.11 Å². The Balaban J connectivity index is 1.93. The number of aliphatic hydroxyl groups is 1. The van der Waals surface area contributed by atoms with Crippen LogP contribution in [0.15, 0.2) is 41.3 Å². The molecule has 3 heteroatoms. The Morgan fingerprint density at radius 3 is 2.56 bits per heavy atom. The largest absolute Gasteiger partial charge is 0.368 e. The van der Waals surface area contributed by atoms with E-state index in [4.69, 9.17) is 0 Å². The summed E-state index contributed by atoms with van der Waals surface area (Å²) in [6, 6.07) is 9.17. The van der Waals surface area contributed by atoms with Crippen LogP contribution in [0.25, 0.3) is 0 Å². The highest BCUT2D eigenvalue weighted by Crippen LogP contribution is 2.53. The average Bonchev–Trinajstić information content (AvgIpc) is 3.09. The Morgan fingerprint density at radius 2 is 1.94 bits per heavy atom. The van der Waals surface area contributed by atoms with Crippen LogP contribution in [0.3, 0.4) is 0 Å². The number of ketones is 1. The smallest absolute Gasteiger partial charge is 0.203 e. The summed E-state index contributed by atoms with van der Waals surface area (Å²) < 4.78 is 0. The van der Waals surface area contributed by atoms with Gasteiger partial charge in [-0.2, -0.15) is 0 Å². The molecule has 0 bridgehead atoms. The van der Waals surface area contributed by atoms with Crippen molar-refractivity contribution in [3.8, 4) is 0 Å². The van der Waals surface area contributed by atoms with Gasteiger partial charge in [-0.1, -0.05) is 42.1 Å². The third-order valence-electron chi connectivity index (χ3n) is 3.02. The molecule has 1 saturated carbocycles. The first kappa shape index (κ1) is 10.1. The van der Waals surface area contributed by atoms with Crippen LogP contribution in [-0.2, 0) is 9.73 Å². The molecular formula is C13H12O2S. The number of carbonyl (C=O) groups excluding carboxylic acids is 1. The molecule has 0 spiro atoms. The molecule has 1 aliphatic heterocycles. The van der Waals surface area contributed by atoms with Crippen molar-refractivity contribution in [2.24, 2.45) is 5.92 Å². The van der Waals surface area contributed by atoms with Gasteiger partial charge in [-0.25, -0.2) is 0 Å². The van der Waals surface area contributed by atoms with E-state index in [1.165, 1.54) is 11.8 Å². The number of carbonyl (C=O) groups is 1. The van der Waals surface area contributed by atoms with Crippen molar-refractivity contribution in [2.45, 2.75) is 17.8 Å². The number of benzene rings is 1. The maximum absolute atomic E-state index is 11.9. The molecule has 82 valence electrons. The molecule has 2 nitrogen and oxygen atoms in total. The molecule has 1 unspecified atom stereocenters. The summed E-state index contributed by atoms with van der Waals surface area (Å²) in [5.74, 6) is 0.331. The Labute approximate surface area is 98.4 Å². The van der Waals surface area contributed by atoms with Gasteiger partial charge in [-0.05, 0) is 29.7 Å². The second-order valence-corrected chi connectivity index (χ2v) is 5.56. The van der Waals surface area contributed by atoms with Gasteiger partial charge in [0.15, 0.2) is 0 Å². The van der Waals surface area contributed by atoms with Crippen LogP contribution in [0.1, 0.15) is 18.4 Å². The van der Waals surface area contributed by atoms with E-state index in [0.717, 1.165) is 17.7 Å². The van der Waals surface area contributed by atoms with Gasteiger partial charge in [-0.15, -0.1) is 0 Å². The lowest BCUT2D eigenvalue weighted by molar-refractivity contribution is -0.124. The number of rotatable bonds is 2. The Hall–Kier alpha value is -1.06. The van der Waals surface area contributed by atoms with E-state index in [-0.39, 0.29) is 5.78 Å². The van der Waals surface area contributed by atoms with Crippen LogP contribution in [0.4, 0.5) is 0 Å². The number of hydrogen-bond donors (Lipinski definition) is 1. The number of hydrogen-bond acceptors (Lipinski definition) is 3. The summed E-state index contributed by atoms with van der Waals surface area (Å²) in [4.78, 5) is 11.6. The predicted molar refractivity (Wildman–Crippen MR) is 63.7 cm³/mol. The molecule has 0 radical (unpaired) electrons. The number of allylic oxidation sites excluding steroid dienone is 1. The molecule has 1 heterocycles. The van der Waals surface area contributed by atoms with E-state index >= 15 is 0 Å². The highest BCUT2D eigenvalue weighted by molar-refractivity contribution is 8.05. The summed E-state index contributed by atoms with van der Waals surface area (Å²) in [6.45, 7) is 0. The lowest BCUT2D eigenvalue weighted by Crippen LogP contribution is -2.27. The van der Waals surface area contributed by atoms with Crippen molar-refractivity contribution in [3.05, 3.63) is 46.9 Å². The van der Waals surface area contributed by atoms with Gasteiger partial charge in [0.2, 0.25) is 10.7 Å². The maximum Gasteiger partial charge on any atom is 0.203 e. The quantitative estimate of drug-likeness (QED) is 0.851. The van der Waals surface area contributed by atoms with Crippen molar-refractivity contribution in [1.29, 1.82) is 0 Å². The van der Waals surface area contributed by atoms with E-state index in [1.807, 2.05) is 18.2 Å². The van der Waals surface area contributed by atoms with Gasteiger partial charge in [0, 0.05) is 5.56 Å². The first-order chi connectivity index (χ1) is 7.70. The third kappa shape index (κ3) is 1.51. The van der Waals surface area contributed by atoms with Crippen molar-refractivity contribution < 1.29 is 9.90 Å². The Bertz CT molecular complexity index is 462. The van der Waals surface area contributed by atoms with Crippen molar-refractivity contribution in [3.63, 3.8) is 0 Å². The number of thioether (sulfide) groups is 1. The van der Waals surface area contributed by atoms with Crippen LogP contribution < -0.4 is 0 Å². The zero-order valence-corrected chi connectivity index (χ0v) is 9.54. The highest BCUT2D eigenvalue weighted by atomic mass is 32.2. The summed E-state index contributed by atoms with van der Waals surface area (Å²) in [5.41, 5.74) is 0.678. The Kier molecular flexibility index (Phi) is 2.19. The molecule has 0 amide bonds. The van der Waals surface area contributed by atoms with Crippen molar-refractivity contribution in [2.75, 3.05) is 0 Å². The van der Waals surface area contributed by atoms with E-state index in [9.17, 15) is 9.90 Å². The average molecular weight is 232 g/mol. The van der Waals surface area contributed by atoms with E-state index in [0.29, 0.717) is 11.5 Å². The van der Waals surface area contributed by atoms with Crippen molar-refractivity contribution >= 4 is 17.5 Å².